The van der Waals surface area contributed by atoms with Gasteiger partial charge in [-0.1, -0.05) is 30.3 Å². The van der Waals surface area contributed by atoms with Crippen LogP contribution in [-0.2, 0) is 11.3 Å². The Kier molecular flexibility index (Phi) is 8.78. The zero-order chi connectivity index (χ0) is 28.9. The summed E-state index contributed by atoms with van der Waals surface area (Å²) in [4.78, 5) is 24.9. The highest BCUT2D eigenvalue weighted by Crippen LogP contribution is 2.30. The zero-order valence-corrected chi connectivity index (χ0v) is 23.7. The molecule has 2 aromatic carbocycles. The number of pyridine rings is 2. The number of rotatable bonds is 10. The summed E-state index contributed by atoms with van der Waals surface area (Å²) in [5.74, 6) is 0.406. The van der Waals surface area contributed by atoms with Crippen molar-refractivity contribution in [1.82, 2.24) is 20.2 Å². The molecule has 9 heteroatoms. The Bertz CT molecular complexity index is 1560. The highest BCUT2D eigenvalue weighted by molar-refractivity contribution is 5.94. The molecule has 1 atom stereocenters. The van der Waals surface area contributed by atoms with E-state index in [1.807, 2.05) is 50.5 Å². The van der Waals surface area contributed by atoms with Crippen LogP contribution in [0.5, 0.6) is 5.88 Å². The molecule has 5 rings (SSSR count). The largest absolute Gasteiger partial charge is 0.481 e. The third kappa shape index (κ3) is 6.65. The molecule has 1 aliphatic heterocycles. The van der Waals surface area contributed by atoms with E-state index in [4.69, 9.17) is 14.8 Å². The van der Waals surface area contributed by atoms with Crippen molar-refractivity contribution in [3.8, 4) is 5.88 Å². The van der Waals surface area contributed by atoms with Gasteiger partial charge in [0.05, 0.1) is 24.2 Å². The fraction of sp³-hybridized carbons (Fsp3) is 0.344. The number of hydrogen-bond donors (Lipinski definition) is 3. The topological polar surface area (TPSA) is 111 Å². The number of para-hydroxylation sites is 1. The molecule has 4 aromatic rings. The second-order valence-electron chi connectivity index (χ2n) is 10.7. The number of aromatic nitrogens is 2. The summed E-state index contributed by atoms with van der Waals surface area (Å²) >= 11 is 0. The standard InChI is InChI=1S/C32H37N5O4/c1-36(2)32-23(18-22-6-4-5-7-27(22)34-32)19-33-24-14-16-37(17-15-24)20-28(38)26-10-8-21(9-13-30(39)40)25-11-12-29(41-3)35-31(25)26/h4-13,18,24,28,33,38H,14-17,19-20H2,1-3H3,(H,39,40)/b13-9+. The normalized spacial score (nSPS) is 15.5. The number of fused-ring (bicyclic) bond motifs is 2. The number of hydrogen-bond acceptors (Lipinski definition) is 8. The number of aliphatic carboxylic acids is 1. The van der Waals surface area contributed by atoms with Crippen LogP contribution in [0.15, 0.2) is 60.7 Å². The van der Waals surface area contributed by atoms with Gasteiger partial charge in [0.1, 0.15) is 5.82 Å². The number of carbonyl (C=O) groups is 1. The Labute approximate surface area is 240 Å². The second kappa shape index (κ2) is 12.6. The van der Waals surface area contributed by atoms with Crippen LogP contribution >= 0.6 is 0 Å². The number of nitrogens with zero attached hydrogens (tertiary/aromatic N) is 4. The Hall–Kier alpha value is -4.05. The van der Waals surface area contributed by atoms with Gasteiger partial charge in [-0.15, -0.1) is 0 Å². The first kappa shape index (κ1) is 28.5. The molecule has 1 unspecified atom stereocenters. The molecule has 0 saturated carbocycles. The van der Waals surface area contributed by atoms with Gasteiger partial charge in [-0.3, -0.25) is 0 Å². The van der Waals surface area contributed by atoms with Gasteiger partial charge in [-0.05, 0) is 55.8 Å². The molecule has 2 aromatic heterocycles. The monoisotopic (exact) mass is 555 g/mol. The van der Waals surface area contributed by atoms with Crippen LogP contribution in [0.1, 0.15) is 35.6 Å². The first-order chi connectivity index (χ1) is 19.8. The average molecular weight is 556 g/mol. The van der Waals surface area contributed by atoms with Crippen molar-refractivity contribution in [3.63, 3.8) is 0 Å². The number of aliphatic hydroxyl groups excluding tert-OH is 1. The number of likely N-dealkylation sites (tertiary alicyclic amines) is 1. The fourth-order valence-corrected chi connectivity index (χ4v) is 5.52. The van der Waals surface area contributed by atoms with E-state index < -0.39 is 12.1 Å². The van der Waals surface area contributed by atoms with Crippen molar-refractivity contribution in [2.24, 2.45) is 0 Å². The Morgan fingerprint density at radius 3 is 2.66 bits per heavy atom. The number of ether oxygens (including phenoxy) is 1. The lowest BCUT2D eigenvalue weighted by Gasteiger charge is -2.34. The minimum atomic E-state index is -1.02. The number of methoxy groups -OCH3 is 1. The van der Waals surface area contributed by atoms with Gasteiger partial charge in [-0.25, -0.2) is 14.8 Å². The summed E-state index contributed by atoms with van der Waals surface area (Å²) in [7, 11) is 5.60. The van der Waals surface area contributed by atoms with Crippen LogP contribution in [0.25, 0.3) is 27.9 Å². The zero-order valence-electron chi connectivity index (χ0n) is 23.7. The van der Waals surface area contributed by atoms with Crippen molar-refractivity contribution in [1.29, 1.82) is 0 Å². The van der Waals surface area contributed by atoms with Gasteiger partial charge >= 0.3 is 5.97 Å². The minimum absolute atomic E-state index is 0.386. The van der Waals surface area contributed by atoms with Gasteiger partial charge in [0.15, 0.2) is 0 Å². The number of β-amino-alcohol motifs (C(OH)–C–C–N with tert-alkyl or cyclic N) is 1. The van der Waals surface area contributed by atoms with E-state index in [1.165, 1.54) is 5.56 Å². The molecule has 0 aliphatic carbocycles. The van der Waals surface area contributed by atoms with Crippen LogP contribution < -0.4 is 15.0 Å². The minimum Gasteiger partial charge on any atom is -0.481 e. The Morgan fingerprint density at radius 1 is 1.15 bits per heavy atom. The van der Waals surface area contributed by atoms with Crippen LogP contribution in [0.3, 0.4) is 0 Å². The van der Waals surface area contributed by atoms with Gasteiger partial charge in [0, 0.05) is 67.3 Å². The molecule has 0 radical (unpaired) electrons. The highest BCUT2D eigenvalue weighted by Gasteiger charge is 2.23. The quantitative estimate of drug-likeness (QED) is 0.247. The molecule has 41 heavy (non-hydrogen) atoms. The maximum absolute atomic E-state index is 11.3. The predicted octanol–water partition coefficient (Wildman–Crippen LogP) is 4.24. The summed E-state index contributed by atoms with van der Waals surface area (Å²) in [6.07, 6.45) is 3.87. The molecular formula is C32H37N5O4. The molecule has 1 fully saturated rings. The third-order valence-electron chi connectivity index (χ3n) is 7.67. The van der Waals surface area contributed by atoms with Gasteiger partial charge < -0.3 is 30.1 Å². The van der Waals surface area contributed by atoms with E-state index in [0.717, 1.165) is 66.2 Å². The maximum Gasteiger partial charge on any atom is 0.328 e. The van der Waals surface area contributed by atoms with E-state index in [1.54, 1.807) is 19.3 Å². The molecule has 214 valence electrons. The smallest absolute Gasteiger partial charge is 0.328 e. The van der Waals surface area contributed by atoms with Gasteiger partial charge in [-0.2, -0.15) is 0 Å². The summed E-state index contributed by atoms with van der Waals surface area (Å²) in [6, 6.07) is 18.1. The van der Waals surface area contributed by atoms with E-state index in [-0.39, 0.29) is 0 Å². The van der Waals surface area contributed by atoms with Crippen molar-refractivity contribution in [3.05, 3.63) is 77.4 Å². The number of aliphatic hydroxyl groups is 1. The molecule has 0 spiro atoms. The average Bonchev–Trinajstić information content (AvgIpc) is 2.98. The van der Waals surface area contributed by atoms with E-state index >= 15 is 0 Å². The molecule has 0 amide bonds. The van der Waals surface area contributed by atoms with Crippen molar-refractivity contribution >= 4 is 39.7 Å². The van der Waals surface area contributed by atoms with Crippen LogP contribution in [0.2, 0.25) is 0 Å². The number of anilines is 1. The van der Waals surface area contributed by atoms with Crippen molar-refractivity contribution in [2.45, 2.75) is 31.5 Å². The van der Waals surface area contributed by atoms with Crippen molar-refractivity contribution < 1.29 is 19.7 Å². The number of carboxylic acids is 1. The lowest BCUT2D eigenvalue weighted by molar-refractivity contribution is -0.131. The van der Waals surface area contributed by atoms with Gasteiger partial charge in [0.2, 0.25) is 5.88 Å². The van der Waals surface area contributed by atoms with Crippen molar-refractivity contribution in [2.75, 3.05) is 45.7 Å². The van der Waals surface area contributed by atoms with Gasteiger partial charge in [0.25, 0.3) is 0 Å². The first-order valence-corrected chi connectivity index (χ1v) is 13.9. The molecule has 3 heterocycles. The molecule has 0 bridgehead atoms. The maximum atomic E-state index is 11.3. The fourth-order valence-electron chi connectivity index (χ4n) is 5.52. The van der Waals surface area contributed by atoms with Crippen LogP contribution in [0.4, 0.5) is 5.82 Å². The Morgan fingerprint density at radius 2 is 1.93 bits per heavy atom. The lowest BCUT2D eigenvalue weighted by atomic mass is 9.98. The Balaban J connectivity index is 1.23. The molecule has 1 aliphatic rings. The summed E-state index contributed by atoms with van der Waals surface area (Å²) < 4.78 is 5.32. The highest BCUT2D eigenvalue weighted by atomic mass is 16.5. The first-order valence-electron chi connectivity index (χ1n) is 13.9. The number of piperidine rings is 1. The summed E-state index contributed by atoms with van der Waals surface area (Å²) in [5.41, 5.74) is 4.22. The predicted molar refractivity (Wildman–Crippen MR) is 162 cm³/mol. The van der Waals surface area contributed by atoms with E-state index in [2.05, 4.69) is 32.2 Å². The third-order valence-corrected chi connectivity index (χ3v) is 7.67. The number of benzene rings is 2. The molecular weight excluding hydrogens is 518 g/mol. The van der Waals surface area contributed by atoms with Crippen LogP contribution in [0, 0.1) is 0 Å². The molecule has 9 nitrogen and oxygen atoms in total. The SMILES string of the molecule is COc1ccc2c(/C=C/C(=O)O)ccc(C(O)CN3CCC(NCc4cc5ccccc5nc4N(C)C)CC3)c2n1. The summed E-state index contributed by atoms with van der Waals surface area (Å²) in [6.45, 7) is 2.99. The van der Waals surface area contributed by atoms with E-state index in [9.17, 15) is 9.90 Å². The number of carboxylic acid groups (broad SMARTS) is 1. The van der Waals surface area contributed by atoms with E-state index in [0.29, 0.717) is 29.5 Å². The summed E-state index contributed by atoms with van der Waals surface area (Å²) in [5, 5.41) is 26.0. The second-order valence-corrected chi connectivity index (χ2v) is 10.7. The van der Waals surface area contributed by atoms with Crippen LogP contribution in [-0.4, -0.2) is 77.9 Å². The lowest BCUT2D eigenvalue weighted by Crippen LogP contribution is -2.43. The molecule has 3 N–H and O–H groups in total. The number of nitrogens with one attached hydrogen (secondary N) is 1. The molecule has 1 saturated heterocycles.